The first kappa shape index (κ1) is 18.6. The normalized spacial score (nSPS) is 10.5. The number of aryl methyl sites for hydroxylation is 2. The summed E-state index contributed by atoms with van der Waals surface area (Å²) >= 11 is 4.63. The summed E-state index contributed by atoms with van der Waals surface area (Å²) in [5.74, 6) is 0.242. The van der Waals surface area contributed by atoms with Gasteiger partial charge in [-0.1, -0.05) is 30.7 Å². The number of hydrogen-bond acceptors (Lipinski definition) is 5. The number of nitrogens with one attached hydrogen (secondary N) is 1. The van der Waals surface area contributed by atoms with Crippen molar-refractivity contribution in [1.82, 2.24) is 4.98 Å². The minimum absolute atomic E-state index is 0.0575. The SMILES string of the molecule is CCCc1ccc(OCC(=O)Nc2nc(C)c(C(C)=O)s2)c(Br)c1. The number of benzene rings is 1. The third-order valence-electron chi connectivity index (χ3n) is 3.26. The number of halogens is 1. The summed E-state index contributed by atoms with van der Waals surface area (Å²) < 4.78 is 6.36. The van der Waals surface area contributed by atoms with Crippen molar-refractivity contribution < 1.29 is 14.3 Å². The number of carbonyl (C=O) groups is 2. The van der Waals surface area contributed by atoms with Gasteiger partial charge in [0, 0.05) is 6.92 Å². The van der Waals surface area contributed by atoms with E-state index in [0.717, 1.165) is 17.3 Å². The van der Waals surface area contributed by atoms with Crippen molar-refractivity contribution in [3.63, 3.8) is 0 Å². The Bertz CT molecular complexity index is 758. The third kappa shape index (κ3) is 4.88. The minimum atomic E-state index is -0.316. The first-order valence-corrected chi connectivity index (χ1v) is 9.21. The molecule has 1 heterocycles. The van der Waals surface area contributed by atoms with Crippen LogP contribution in [0.15, 0.2) is 22.7 Å². The van der Waals surface area contributed by atoms with Gasteiger partial charge in [0.1, 0.15) is 5.75 Å². The van der Waals surface area contributed by atoms with Crippen LogP contribution in [0.4, 0.5) is 5.13 Å². The second kappa shape index (κ2) is 8.39. The molecule has 0 fully saturated rings. The molecule has 24 heavy (non-hydrogen) atoms. The molecule has 0 unspecified atom stereocenters. The molecule has 1 N–H and O–H groups in total. The average molecular weight is 411 g/mol. The number of aromatic nitrogens is 1. The zero-order chi connectivity index (χ0) is 17.7. The number of nitrogens with zero attached hydrogens (tertiary/aromatic N) is 1. The van der Waals surface area contributed by atoms with E-state index in [4.69, 9.17) is 4.74 Å². The number of amides is 1. The highest BCUT2D eigenvalue weighted by Crippen LogP contribution is 2.27. The molecule has 1 aromatic carbocycles. The van der Waals surface area contributed by atoms with Crippen LogP contribution in [-0.4, -0.2) is 23.3 Å². The molecule has 0 radical (unpaired) electrons. The highest BCUT2D eigenvalue weighted by molar-refractivity contribution is 9.10. The van der Waals surface area contributed by atoms with Gasteiger partial charge in [0.15, 0.2) is 17.5 Å². The molecule has 0 aliphatic carbocycles. The Morgan fingerprint density at radius 3 is 2.71 bits per heavy atom. The molecule has 0 saturated heterocycles. The van der Waals surface area contributed by atoms with E-state index in [1.54, 1.807) is 6.92 Å². The van der Waals surface area contributed by atoms with Gasteiger partial charge >= 0.3 is 0 Å². The first-order valence-electron chi connectivity index (χ1n) is 7.60. The zero-order valence-corrected chi connectivity index (χ0v) is 16.2. The molecular weight excluding hydrogens is 392 g/mol. The summed E-state index contributed by atoms with van der Waals surface area (Å²) in [6.45, 7) is 5.23. The van der Waals surface area contributed by atoms with E-state index in [-0.39, 0.29) is 18.3 Å². The molecule has 2 rings (SSSR count). The van der Waals surface area contributed by atoms with Crippen molar-refractivity contribution in [2.75, 3.05) is 11.9 Å². The van der Waals surface area contributed by atoms with Crippen LogP contribution in [0.5, 0.6) is 5.75 Å². The summed E-state index contributed by atoms with van der Waals surface area (Å²) in [4.78, 5) is 28.1. The Balaban J connectivity index is 1.93. The predicted octanol–water partition coefficient (Wildman–Crippen LogP) is 4.39. The van der Waals surface area contributed by atoms with E-state index in [1.165, 1.54) is 23.8 Å². The molecule has 0 atom stereocenters. The van der Waals surface area contributed by atoms with Gasteiger partial charge in [-0.15, -0.1) is 0 Å². The standard InChI is InChI=1S/C17H19BrN2O3S/c1-4-5-12-6-7-14(13(18)8-12)23-9-15(22)20-17-19-10(2)16(24-17)11(3)21/h6-8H,4-5,9H2,1-3H3,(H,19,20,22). The molecule has 1 aromatic heterocycles. The Hall–Kier alpha value is -1.73. The van der Waals surface area contributed by atoms with Crippen LogP contribution in [0.2, 0.25) is 0 Å². The van der Waals surface area contributed by atoms with E-state index in [1.807, 2.05) is 18.2 Å². The number of ketones is 1. The lowest BCUT2D eigenvalue weighted by molar-refractivity contribution is -0.118. The van der Waals surface area contributed by atoms with Gasteiger partial charge in [0.25, 0.3) is 5.91 Å². The van der Waals surface area contributed by atoms with Crippen molar-refractivity contribution in [2.45, 2.75) is 33.6 Å². The molecular formula is C17H19BrN2O3S. The second-order valence-electron chi connectivity index (χ2n) is 5.34. The largest absolute Gasteiger partial charge is 0.483 e. The van der Waals surface area contributed by atoms with Gasteiger partial charge < -0.3 is 4.74 Å². The van der Waals surface area contributed by atoms with Crippen LogP contribution in [0.25, 0.3) is 0 Å². The van der Waals surface area contributed by atoms with E-state index in [2.05, 4.69) is 33.2 Å². The van der Waals surface area contributed by atoms with E-state index in [0.29, 0.717) is 21.5 Å². The molecule has 0 spiro atoms. The number of anilines is 1. The van der Waals surface area contributed by atoms with Gasteiger partial charge in [-0.3, -0.25) is 14.9 Å². The summed E-state index contributed by atoms with van der Waals surface area (Å²) in [5, 5.41) is 3.06. The van der Waals surface area contributed by atoms with Gasteiger partial charge in [0.05, 0.1) is 15.0 Å². The number of carbonyl (C=O) groups excluding carboxylic acids is 2. The Labute approximate surface area is 153 Å². The van der Waals surface area contributed by atoms with Crippen molar-refractivity contribution >= 4 is 44.1 Å². The average Bonchev–Trinajstić information content (AvgIpc) is 2.87. The highest BCUT2D eigenvalue weighted by Gasteiger charge is 2.14. The minimum Gasteiger partial charge on any atom is -0.483 e. The molecule has 0 bridgehead atoms. The Kier molecular flexibility index (Phi) is 6.51. The number of rotatable bonds is 7. The van der Waals surface area contributed by atoms with Crippen molar-refractivity contribution in [3.8, 4) is 5.75 Å². The number of Topliss-reactive ketones (excluding diaryl/α,β-unsaturated/α-hetero) is 1. The lowest BCUT2D eigenvalue weighted by Gasteiger charge is -2.09. The second-order valence-corrected chi connectivity index (χ2v) is 7.19. The number of hydrogen-bond donors (Lipinski definition) is 1. The van der Waals surface area contributed by atoms with Crippen LogP contribution < -0.4 is 10.1 Å². The monoisotopic (exact) mass is 410 g/mol. The summed E-state index contributed by atoms with van der Waals surface area (Å²) in [5.41, 5.74) is 1.84. The van der Waals surface area contributed by atoms with E-state index < -0.39 is 0 Å². The smallest absolute Gasteiger partial charge is 0.264 e. The quantitative estimate of drug-likeness (QED) is 0.687. The maximum atomic E-state index is 12.0. The molecule has 2 aromatic rings. The topological polar surface area (TPSA) is 68.3 Å². The van der Waals surface area contributed by atoms with Gasteiger partial charge in [-0.05, 0) is 47.0 Å². The third-order valence-corrected chi connectivity index (χ3v) is 5.05. The molecule has 7 heteroatoms. The maximum absolute atomic E-state index is 12.0. The number of thiazole rings is 1. The Morgan fingerprint density at radius 1 is 1.38 bits per heavy atom. The van der Waals surface area contributed by atoms with E-state index >= 15 is 0 Å². The zero-order valence-electron chi connectivity index (χ0n) is 13.8. The van der Waals surface area contributed by atoms with Crippen LogP contribution in [0.1, 0.15) is 41.2 Å². The summed E-state index contributed by atoms with van der Waals surface area (Å²) in [6.07, 6.45) is 2.08. The first-order chi connectivity index (χ1) is 11.4. The van der Waals surface area contributed by atoms with Crippen LogP contribution in [0.3, 0.4) is 0 Å². The fourth-order valence-corrected chi connectivity index (χ4v) is 3.60. The molecule has 0 saturated carbocycles. The Morgan fingerprint density at radius 2 is 2.12 bits per heavy atom. The molecule has 128 valence electrons. The predicted molar refractivity (Wildman–Crippen MR) is 99.1 cm³/mol. The van der Waals surface area contributed by atoms with Crippen molar-refractivity contribution in [3.05, 3.63) is 38.8 Å². The number of ether oxygens (including phenoxy) is 1. The molecule has 5 nitrogen and oxygen atoms in total. The maximum Gasteiger partial charge on any atom is 0.264 e. The highest BCUT2D eigenvalue weighted by atomic mass is 79.9. The van der Waals surface area contributed by atoms with Crippen molar-refractivity contribution in [2.24, 2.45) is 0 Å². The van der Waals surface area contributed by atoms with E-state index in [9.17, 15) is 9.59 Å². The fourth-order valence-electron chi connectivity index (χ4n) is 2.18. The molecule has 1 amide bonds. The van der Waals surface area contributed by atoms with Gasteiger partial charge in [0.2, 0.25) is 0 Å². The van der Waals surface area contributed by atoms with Crippen LogP contribution in [0, 0.1) is 6.92 Å². The van der Waals surface area contributed by atoms with Gasteiger partial charge in [-0.25, -0.2) is 4.98 Å². The fraction of sp³-hybridized carbons (Fsp3) is 0.353. The summed E-state index contributed by atoms with van der Waals surface area (Å²) in [6, 6.07) is 5.84. The van der Waals surface area contributed by atoms with Crippen molar-refractivity contribution in [1.29, 1.82) is 0 Å². The van der Waals surface area contributed by atoms with Crippen LogP contribution >= 0.6 is 27.3 Å². The molecule has 0 aliphatic rings. The molecule has 0 aliphatic heterocycles. The van der Waals surface area contributed by atoms with Crippen LogP contribution in [-0.2, 0) is 11.2 Å². The lowest BCUT2D eigenvalue weighted by Crippen LogP contribution is -2.20. The summed E-state index contributed by atoms with van der Waals surface area (Å²) in [7, 11) is 0. The lowest BCUT2D eigenvalue weighted by atomic mass is 10.1. The van der Waals surface area contributed by atoms with Gasteiger partial charge in [-0.2, -0.15) is 0 Å².